The second-order valence-corrected chi connectivity index (χ2v) is 5.91. The second kappa shape index (κ2) is 7.23. The maximum Gasteiger partial charge on any atom is 0.150 e. The van der Waals surface area contributed by atoms with E-state index in [4.69, 9.17) is 0 Å². The summed E-state index contributed by atoms with van der Waals surface area (Å²) in [5, 5.41) is 0. The number of rotatable bonds is 7. The number of hydrogen-bond acceptors (Lipinski definition) is 4. The van der Waals surface area contributed by atoms with Gasteiger partial charge < -0.3 is 9.13 Å². The van der Waals surface area contributed by atoms with E-state index in [1.54, 1.807) is 0 Å². The molecule has 1 aromatic carbocycles. The minimum absolute atomic E-state index is 0.693. The fraction of sp³-hybridized carbons (Fsp3) is 0.278. The molecule has 0 saturated heterocycles. The number of nitrogens with zero attached hydrogens (tertiary/aromatic N) is 5. The Bertz CT molecular complexity index is 761. The average molecular weight is 323 g/mol. The molecule has 0 radical (unpaired) electrons. The highest BCUT2D eigenvalue weighted by Crippen LogP contribution is 2.13. The van der Waals surface area contributed by atoms with Gasteiger partial charge in [0, 0.05) is 51.0 Å². The van der Waals surface area contributed by atoms with Crippen LogP contribution in [0.3, 0.4) is 0 Å². The van der Waals surface area contributed by atoms with Crippen LogP contribution in [0.15, 0.2) is 49.1 Å². The Morgan fingerprint density at radius 2 is 1.46 bits per heavy atom. The van der Waals surface area contributed by atoms with Gasteiger partial charge >= 0.3 is 0 Å². The van der Waals surface area contributed by atoms with Crippen LogP contribution < -0.4 is 0 Å². The highest BCUT2D eigenvalue weighted by molar-refractivity contribution is 5.74. The molecule has 0 aliphatic rings. The lowest BCUT2D eigenvalue weighted by molar-refractivity contribution is 0.112. The summed E-state index contributed by atoms with van der Waals surface area (Å²) in [5.74, 6) is 2.02. The molecule has 0 aliphatic heterocycles. The van der Waals surface area contributed by atoms with Gasteiger partial charge in [-0.25, -0.2) is 9.97 Å². The van der Waals surface area contributed by atoms with Gasteiger partial charge in [-0.2, -0.15) is 0 Å². The molecule has 0 aliphatic carbocycles. The number of benzene rings is 1. The third-order valence-corrected chi connectivity index (χ3v) is 4.09. The zero-order chi connectivity index (χ0) is 16.9. The lowest BCUT2D eigenvalue weighted by atomic mass is 10.1. The SMILES string of the molecule is Cn1ccnc1CN(Cc1ccc(C=O)cc1)Cc1nccn1C. The Morgan fingerprint density at radius 1 is 0.917 bits per heavy atom. The van der Waals surface area contributed by atoms with Crippen molar-refractivity contribution < 1.29 is 4.79 Å². The lowest BCUT2D eigenvalue weighted by Gasteiger charge is -2.22. The highest BCUT2D eigenvalue weighted by Gasteiger charge is 2.13. The zero-order valence-corrected chi connectivity index (χ0v) is 14.0. The van der Waals surface area contributed by atoms with E-state index in [-0.39, 0.29) is 0 Å². The number of aldehydes is 1. The first kappa shape index (κ1) is 16.1. The molecule has 0 N–H and O–H groups in total. The molecule has 6 heteroatoms. The van der Waals surface area contributed by atoms with Gasteiger partial charge in [-0.1, -0.05) is 24.3 Å². The molecule has 0 fully saturated rings. The van der Waals surface area contributed by atoms with Gasteiger partial charge in [-0.15, -0.1) is 0 Å². The zero-order valence-electron chi connectivity index (χ0n) is 14.0. The molecule has 2 aromatic heterocycles. The minimum atomic E-state index is 0.693. The first-order valence-electron chi connectivity index (χ1n) is 7.84. The van der Waals surface area contributed by atoms with Gasteiger partial charge in [0.1, 0.15) is 17.9 Å². The monoisotopic (exact) mass is 323 g/mol. The topological polar surface area (TPSA) is 56.0 Å². The third-order valence-electron chi connectivity index (χ3n) is 4.09. The van der Waals surface area contributed by atoms with E-state index in [0.717, 1.165) is 43.1 Å². The van der Waals surface area contributed by atoms with Crippen LogP contribution in [0.25, 0.3) is 0 Å². The van der Waals surface area contributed by atoms with Crippen LogP contribution >= 0.6 is 0 Å². The molecule has 3 rings (SSSR count). The molecule has 124 valence electrons. The van der Waals surface area contributed by atoms with Crippen molar-refractivity contribution in [1.82, 2.24) is 24.0 Å². The number of aryl methyl sites for hydroxylation is 2. The molecule has 0 saturated carbocycles. The van der Waals surface area contributed by atoms with Crippen LogP contribution in [0.1, 0.15) is 27.6 Å². The number of carbonyl (C=O) groups excluding carboxylic acids is 1. The van der Waals surface area contributed by atoms with E-state index in [1.165, 1.54) is 0 Å². The smallest absolute Gasteiger partial charge is 0.150 e. The van der Waals surface area contributed by atoms with Gasteiger partial charge in [0.15, 0.2) is 0 Å². The van der Waals surface area contributed by atoms with Gasteiger partial charge in [-0.3, -0.25) is 9.69 Å². The van der Waals surface area contributed by atoms with Gasteiger partial charge in [0.2, 0.25) is 0 Å². The minimum Gasteiger partial charge on any atom is -0.337 e. The van der Waals surface area contributed by atoms with E-state index >= 15 is 0 Å². The van der Waals surface area contributed by atoms with Gasteiger partial charge in [0.25, 0.3) is 0 Å². The van der Waals surface area contributed by atoms with Crippen LogP contribution in [0.4, 0.5) is 0 Å². The molecule has 6 nitrogen and oxygen atoms in total. The number of carbonyl (C=O) groups is 1. The van der Waals surface area contributed by atoms with Crippen molar-refractivity contribution in [2.24, 2.45) is 14.1 Å². The molecule has 3 aromatic rings. The standard InChI is InChI=1S/C18H21N5O/c1-21-9-7-19-17(21)12-23(13-18-20-8-10-22(18)2)11-15-3-5-16(14-24)6-4-15/h3-10,14H,11-13H2,1-2H3. The summed E-state index contributed by atoms with van der Waals surface area (Å²) in [6, 6.07) is 7.69. The quantitative estimate of drug-likeness (QED) is 0.625. The maximum absolute atomic E-state index is 10.8. The first-order chi connectivity index (χ1) is 11.7. The molecule has 0 spiro atoms. The van der Waals surface area contributed by atoms with Crippen molar-refractivity contribution in [3.63, 3.8) is 0 Å². The van der Waals surface area contributed by atoms with E-state index < -0.39 is 0 Å². The van der Waals surface area contributed by atoms with Crippen molar-refractivity contribution in [3.05, 3.63) is 71.8 Å². The maximum atomic E-state index is 10.8. The van der Waals surface area contributed by atoms with Crippen LogP contribution in [0, 0.1) is 0 Å². The fourth-order valence-corrected chi connectivity index (χ4v) is 2.63. The summed E-state index contributed by atoms with van der Waals surface area (Å²) >= 11 is 0. The largest absolute Gasteiger partial charge is 0.337 e. The third kappa shape index (κ3) is 3.78. The molecule has 0 unspecified atom stereocenters. The average Bonchev–Trinajstić information content (AvgIpc) is 3.17. The molecule has 24 heavy (non-hydrogen) atoms. The predicted octanol–water partition coefficient (Wildman–Crippen LogP) is 2.17. The summed E-state index contributed by atoms with van der Waals surface area (Å²) in [7, 11) is 4.00. The molecular formula is C18H21N5O. The summed E-state index contributed by atoms with van der Waals surface area (Å²) in [5.41, 5.74) is 1.85. The van der Waals surface area contributed by atoms with Gasteiger partial charge in [-0.05, 0) is 5.56 Å². The molecular weight excluding hydrogens is 302 g/mol. The Kier molecular flexibility index (Phi) is 4.86. The highest BCUT2D eigenvalue weighted by atomic mass is 16.1. The summed E-state index contributed by atoms with van der Waals surface area (Å²) < 4.78 is 4.06. The first-order valence-corrected chi connectivity index (χ1v) is 7.84. The van der Waals surface area contributed by atoms with Crippen LogP contribution in [0.2, 0.25) is 0 Å². The Balaban J connectivity index is 1.78. The van der Waals surface area contributed by atoms with Crippen molar-refractivity contribution in [2.75, 3.05) is 0 Å². The van der Waals surface area contributed by atoms with E-state index in [0.29, 0.717) is 5.56 Å². The number of aromatic nitrogens is 4. The number of imidazole rings is 2. The van der Waals surface area contributed by atoms with Crippen molar-refractivity contribution in [1.29, 1.82) is 0 Å². The second-order valence-electron chi connectivity index (χ2n) is 5.91. The van der Waals surface area contributed by atoms with Crippen molar-refractivity contribution in [3.8, 4) is 0 Å². The summed E-state index contributed by atoms with van der Waals surface area (Å²) in [6.45, 7) is 2.22. The Morgan fingerprint density at radius 3 is 1.88 bits per heavy atom. The van der Waals surface area contributed by atoms with E-state index in [1.807, 2.05) is 72.3 Å². The molecule has 2 heterocycles. The van der Waals surface area contributed by atoms with Crippen molar-refractivity contribution in [2.45, 2.75) is 19.6 Å². The molecule has 0 amide bonds. The Hall–Kier alpha value is -2.73. The molecule has 0 bridgehead atoms. The Labute approximate surface area is 141 Å². The summed E-state index contributed by atoms with van der Waals surface area (Å²) in [4.78, 5) is 21.9. The van der Waals surface area contributed by atoms with E-state index in [9.17, 15) is 4.79 Å². The number of hydrogen-bond donors (Lipinski definition) is 0. The fourth-order valence-electron chi connectivity index (χ4n) is 2.63. The van der Waals surface area contributed by atoms with Crippen LogP contribution in [-0.2, 0) is 33.7 Å². The normalized spacial score (nSPS) is 11.1. The van der Waals surface area contributed by atoms with Crippen molar-refractivity contribution >= 4 is 6.29 Å². The predicted molar refractivity (Wildman–Crippen MR) is 91.2 cm³/mol. The molecule has 0 atom stereocenters. The van der Waals surface area contributed by atoms with Crippen LogP contribution in [0.5, 0.6) is 0 Å². The van der Waals surface area contributed by atoms with E-state index in [2.05, 4.69) is 14.9 Å². The van der Waals surface area contributed by atoms with Gasteiger partial charge in [0.05, 0.1) is 13.1 Å². The summed E-state index contributed by atoms with van der Waals surface area (Å²) in [6.07, 6.45) is 8.39. The van der Waals surface area contributed by atoms with Crippen LogP contribution in [-0.4, -0.2) is 30.3 Å². The lowest BCUT2D eigenvalue weighted by Crippen LogP contribution is -2.25.